The monoisotopic (exact) mass is 314 g/mol. The van der Waals surface area contributed by atoms with E-state index in [4.69, 9.17) is 5.84 Å². The predicted molar refractivity (Wildman–Crippen MR) is 86.7 cm³/mol. The third-order valence-corrected chi connectivity index (χ3v) is 5.51. The van der Waals surface area contributed by atoms with Gasteiger partial charge in [0, 0.05) is 17.8 Å². The molecule has 0 heterocycles. The van der Waals surface area contributed by atoms with Gasteiger partial charge in [0.2, 0.25) is 10.0 Å². The maximum Gasteiger partial charge on any atom is 0.241 e. The molecule has 0 fully saturated rings. The van der Waals surface area contributed by atoms with Gasteiger partial charge in [-0.1, -0.05) is 0 Å². The molecule has 0 spiro atoms. The highest BCUT2D eigenvalue weighted by Gasteiger charge is 2.26. The number of sulfonamides is 1. The average Bonchev–Trinajstić information content (AvgIpc) is 2.35. The van der Waals surface area contributed by atoms with E-state index in [1.54, 1.807) is 26.0 Å². The minimum atomic E-state index is -3.56. The Morgan fingerprint density at radius 1 is 1.19 bits per heavy atom. The fourth-order valence-electron chi connectivity index (χ4n) is 1.96. The number of rotatable bonds is 6. The normalized spacial score (nSPS) is 12.8. The molecule has 1 aromatic rings. The molecule has 0 aromatic heterocycles. The zero-order chi connectivity index (χ0) is 16.4. The van der Waals surface area contributed by atoms with E-state index in [0.717, 1.165) is 0 Å². The number of anilines is 1. The SMILES string of the molecule is Cc1cc(NN)cc(C)c1S(=O)(=O)NCC(C)(C)N(C)C. The topological polar surface area (TPSA) is 87.5 Å². The van der Waals surface area contributed by atoms with Gasteiger partial charge in [-0.2, -0.15) is 0 Å². The summed E-state index contributed by atoms with van der Waals surface area (Å²) < 4.78 is 27.8. The third-order valence-electron chi connectivity index (χ3n) is 3.80. The summed E-state index contributed by atoms with van der Waals surface area (Å²) in [6, 6.07) is 3.44. The van der Waals surface area contributed by atoms with E-state index in [2.05, 4.69) is 10.1 Å². The zero-order valence-corrected chi connectivity index (χ0v) is 14.4. The first kappa shape index (κ1) is 17.9. The first-order valence-corrected chi connectivity index (χ1v) is 8.24. The Labute approximate surface area is 127 Å². The van der Waals surface area contributed by atoms with Crippen molar-refractivity contribution in [3.05, 3.63) is 23.3 Å². The average molecular weight is 314 g/mol. The number of nitrogens with two attached hydrogens (primary N) is 1. The molecule has 0 saturated carbocycles. The smallest absolute Gasteiger partial charge is 0.241 e. The van der Waals surface area contributed by atoms with Crippen molar-refractivity contribution in [3.8, 4) is 0 Å². The molecule has 1 rings (SSSR count). The van der Waals surface area contributed by atoms with E-state index in [9.17, 15) is 8.42 Å². The first-order chi connectivity index (χ1) is 9.51. The number of hydrogen-bond acceptors (Lipinski definition) is 5. The molecule has 0 radical (unpaired) electrons. The number of nitrogens with zero attached hydrogens (tertiary/aromatic N) is 1. The van der Waals surface area contributed by atoms with Gasteiger partial charge < -0.3 is 10.3 Å². The van der Waals surface area contributed by atoms with E-state index < -0.39 is 10.0 Å². The van der Waals surface area contributed by atoms with Crippen LogP contribution in [0.2, 0.25) is 0 Å². The molecule has 0 saturated heterocycles. The van der Waals surface area contributed by atoms with Crippen molar-refractivity contribution in [1.29, 1.82) is 0 Å². The second kappa shape index (κ2) is 6.31. The van der Waals surface area contributed by atoms with Crippen LogP contribution in [0.15, 0.2) is 17.0 Å². The molecule has 0 bridgehead atoms. The van der Waals surface area contributed by atoms with E-state index >= 15 is 0 Å². The molecule has 0 aliphatic heterocycles. The summed E-state index contributed by atoms with van der Waals surface area (Å²) in [7, 11) is 0.288. The summed E-state index contributed by atoms with van der Waals surface area (Å²) in [6.45, 7) is 7.82. The largest absolute Gasteiger partial charge is 0.324 e. The standard InChI is InChI=1S/C14H26N4O2S/c1-10-7-12(17-15)8-11(2)13(10)21(19,20)16-9-14(3,4)18(5)6/h7-8,16-17H,9,15H2,1-6H3. The lowest BCUT2D eigenvalue weighted by Gasteiger charge is -2.32. The lowest BCUT2D eigenvalue weighted by molar-refractivity contribution is 0.199. The van der Waals surface area contributed by atoms with Crippen molar-refractivity contribution >= 4 is 15.7 Å². The molecule has 0 aliphatic carbocycles. The fourth-order valence-corrected chi connectivity index (χ4v) is 3.61. The summed E-state index contributed by atoms with van der Waals surface area (Å²) in [6.07, 6.45) is 0. The van der Waals surface area contributed by atoms with Crippen LogP contribution in [0.3, 0.4) is 0 Å². The molecule has 21 heavy (non-hydrogen) atoms. The molecular formula is C14H26N4O2S. The van der Waals surface area contributed by atoms with Crippen LogP contribution in [-0.2, 0) is 10.0 Å². The summed E-state index contributed by atoms with van der Waals surface area (Å²) in [5, 5.41) is 0. The molecule has 0 amide bonds. The number of benzene rings is 1. The van der Waals surface area contributed by atoms with Crippen LogP contribution in [-0.4, -0.2) is 39.5 Å². The molecule has 6 nitrogen and oxygen atoms in total. The number of hydrogen-bond donors (Lipinski definition) is 3. The Morgan fingerprint density at radius 2 is 1.67 bits per heavy atom. The lowest BCUT2D eigenvalue weighted by Crippen LogP contribution is -2.48. The summed E-state index contributed by atoms with van der Waals surface area (Å²) in [4.78, 5) is 2.30. The maximum atomic E-state index is 12.6. The Morgan fingerprint density at radius 3 is 2.05 bits per heavy atom. The first-order valence-electron chi connectivity index (χ1n) is 6.76. The molecule has 1 aromatic carbocycles. The van der Waals surface area contributed by atoms with E-state index in [1.807, 2.05) is 32.8 Å². The second-order valence-corrected chi connectivity index (χ2v) is 7.82. The number of hydrazine groups is 1. The van der Waals surface area contributed by atoms with Crippen molar-refractivity contribution in [3.63, 3.8) is 0 Å². The van der Waals surface area contributed by atoms with Gasteiger partial charge in [-0.05, 0) is 65.0 Å². The summed E-state index contributed by atoms with van der Waals surface area (Å²) in [5.74, 6) is 5.38. The van der Waals surface area contributed by atoms with Crippen molar-refractivity contribution in [2.75, 3.05) is 26.1 Å². The van der Waals surface area contributed by atoms with Crippen LogP contribution in [0.5, 0.6) is 0 Å². The quantitative estimate of drug-likeness (QED) is 0.542. The Kier molecular flexibility index (Phi) is 5.38. The molecule has 120 valence electrons. The van der Waals surface area contributed by atoms with Crippen molar-refractivity contribution in [1.82, 2.24) is 9.62 Å². The van der Waals surface area contributed by atoms with Gasteiger partial charge in [0.05, 0.1) is 4.90 Å². The number of nitrogens with one attached hydrogen (secondary N) is 2. The molecule has 0 atom stereocenters. The molecule has 4 N–H and O–H groups in total. The van der Waals surface area contributed by atoms with Gasteiger partial charge in [-0.15, -0.1) is 0 Å². The Balaban J connectivity index is 3.10. The summed E-state index contributed by atoms with van der Waals surface area (Å²) in [5.41, 5.74) is 4.29. The Bertz CT molecular complexity index is 586. The van der Waals surface area contributed by atoms with Crippen molar-refractivity contribution in [2.45, 2.75) is 38.1 Å². The third kappa shape index (κ3) is 4.16. The molecular weight excluding hydrogens is 288 g/mol. The second-order valence-electron chi connectivity index (χ2n) is 6.11. The van der Waals surface area contributed by atoms with Crippen LogP contribution < -0.4 is 16.0 Å². The van der Waals surface area contributed by atoms with Gasteiger partial charge >= 0.3 is 0 Å². The van der Waals surface area contributed by atoms with Gasteiger partial charge in [-0.25, -0.2) is 13.1 Å². The lowest BCUT2D eigenvalue weighted by atomic mass is 10.1. The van der Waals surface area contributed by atoms with Crippen molar-refractivity contribution < 1.29 is 8.42 Å². The van der Waals surface area contributed by atoms with Crippen LogP contribution in [0, 0.1) is 13.8 Å². The highest BCUT2D eigenvalue weighted by Crippen LogP contribution is 2.24. The van der Waals surface area contributed by atoms with Crippen LogP contribution in [0.25, 0.3) is 0 Å². The van der Waals surface area contributed by atoms with Gasteiger partial charge in [0.25, 0.3) is 0 Å². The molecule has 0 aliphatic rings. The van der Waals surface area contributed by atoms with E-state index in [1.165, 1.54) is 0 Å². The van der Waals surface area contributed by atoms with Crippen LogP contribution in [0.1, 0.15) is 25.0 Å². The highest BCUT2D eigenvalue weighted by molar-refractivity contribution is 7.89. The Hall–Kier alpha value is -1.15. The van der Waals surface area contributed by atoms with Gasteiger partial charge in [-0.3, -0.25) is 5.84 Å². The minimum Gasteiger partial charge on any atom is -0.324 e. The zero-order valence-electron chi connectivity index (χ0n) is 13.6. The van der Waals surface area contributed by atoms with Gasteiger partial charge in [0.15, 0.2) is 0 Å². The minimum absolute atomic E-state index is 0.270. The molecule has 7 heteroatoms. The van der Waals surface area contributed by atoms with Gasteiger partial charge in [0.1, 0.15) is 0 Å². The number of nitrogen functional groups attached to an aromatic ring is 1. The van der Waals surface area contributed by atoms with E-state index in [0.29, 0.717) is 28.3 Å². The fraction of sp³-hybridized carbons (Fsp3) is 0.571. The predicted octanol–water partition coefficient (Wildman–Crippen LogP) is 1.21. The number of aryl methyl sites for hydroxylation is 2. The maximum absolute atomic E-state index is 12.6. The van der Waals surface area contributed by atoms with Crippen LogP contribution >= 0.6 is 0 Å². The number of likely N-dealkylation sites (N-methyl/N-ethyl adjacent to an activating group) is 1. The molecule has 0 unspecified atom stereocenters. The van der Waals surface area contributed by atoms with E-state index in [-0.39, 0.29) is 5.54 Å². The summed E-state index contributed by atoms with van der Waals surface area (Å²) >= 11 is 0. The highest BCUT2D eigenvalue weighted by atomic mass is 32.2. The van der Waals surface area contributed by atoms with Crippen molar-refractivity contribution in [2.24, 2.45) is 5.84 Å². The van der Waals surface area contributed by atoms with Crippen LogP contribution in [0.4, 0.5) is 5.69 Å².